The second-order valence-electron chi connectivity index (χ2n) is 13.7. The monoisotopic (exact) mass is 862 g/mol. The molecule has 0 aliphatic heterocycles. The van der Waals surface area contributed by atoms with E-state index in [1.807, 2.05) is 37.3 Å². The van der Waals surface area contributed by atoms with Gasteiger partial charge in [-0.3, -0.25) is 23.2 Å². The quantitative estimate of drug-likeness (QED) is 0.0129. The number of ether oxygens (including phenoxy) is 2. The van der Waals surface area contributed by atoms with Gasteiger partial charge in [0.2, 0.25) is 0 Å². The molecule has 0 radical (unpaired) electrons. The fourth-order valence-corrected chi connectivity index (χ4v) is 6.07. The van der Waals surface area contributed by atoms with Crippen molar-refractivity contribution in [2.24, 2.45) is 0 Å². The fourth-order valence-electron chi connectivity index (χ4n) is 4.92. The Bertz CT molecular complexity index is 1320. The van der Waals surface area contributed by atoms with Crippen molar-refractivity contribution in [3.63, 3.8) is 0 Å². The summed E-state index contributed by atoms with van der Waals surface area (Å²) in [6.07, 6.45) is 37.1. The molecule has 0 aromatic carbocycles. The first-order chi connectivity index (χ1) is 27.8. The van der Waals surface area contributed by atoms with Crippen LogP contribution in [0.2, 0.25) is 0 Å². The summed E-state index contributed by atoms with van der Waals surface area (Å²) in [6.45, 7) is 1.31. The number of aliphatic hydroxyl groups excluding tert-OH is 2. The first kappa shape index (κ1) is 55.5. The number of phosphoric acid groups is 2. The summed E-state index contributed by atoms with van der Waals surface area (Å²) in [6, 6.07) is 0. The molecule has 0 heterocycles. The molecule has 4 atom stereocenters. The SMILES string of the molecule is CCCCCC/C=C\CCCCCCCC(=O)O[C@H](COC(=O)CCC/C=C\C/C=C\C/C=C\C/C=C\C=C\[C@@H](O)CC)COP(=O)(O)OC[C@@H](O)COP(=O)(O)O. The van der Waals surface area contributed by atoms with Crippen molar-refractivity contribution in [1.82, 2.24) is 0 Å². The van der Waals surface area contributed by atoms with Gasteiger partial charge in [-0.2, -0.15) is 0 Å². The molecule has 5 N–H and O–H groups in total. The molecule has 0 saturated carbocycles. The van der Waals surface area contributed by atoms with Gasteiger partial charge in [-0.25, -0.2) is 9.13 Å². The van der Waals surface area contributed by atoms with E-state index in [-0.39, 0.29) is 12.8 Å². The third-order valence-electron chi connectivity index (χ3n) is 8.23. The average Bonchev–Trinajstić information content (AvgIpc) is 3.18. The van der Waals surface area contributed by atoms with Crippen molar-refractivity contribution in [3.8, 4) is 0 Å². The largest absolute Gasteiger partial charge is 0.472 e. The summed E-state index contributed by atoms with van der Waals surface area (Å²) in [4.78, 5) is 52.6. The standard InChI is InChI=1S/C42H72O14P2/c1-3-5-6-7-8-9-10-13-18-21-24-27-30-33-42(46)56-40(37-55-58(50,51)54-35-39(44)34-53-57(47,48)49)36-52-41(45)32-29-26-23-20-17-15-12-11-14-16-19-22-25-28-31-38(43)4-2/h9-10,12,14-16,20,22-23,25,28,31,38-40,43-44H,3-8,11,13,17-19,21,24,26-27,29-30,32-37H2,1-2H3,(H,50,51)(H2,47,48,49)/b10-9-,15-12-,16-14-,23-20-,25-22-,31-28+/t38-,39-,40+/m0/s1. The molecule has 0 fully saturated rings. The fraction of sp³-hybridized carbons (Fsp3) is 0.667. The van der Waals surface area contributed by atoms with Gasteiger partial charge in [-0.05, 0) is 70.6 Å². The Morgan fingerprint density at radius 3 is 1.72 bits per heavy atom. The smallest absolute Gasteiger partial charge is 0.462 e. The number of carbonyl (C=O) groups excluding carboxylic acids is 2. The number of aliphatic hydroxyl groups is 2. The maximum absolute atomic E-state index is 12.6. The van der Waals surface area contributed by atoms with E-state index < -0.39 is 72.3 Å². The molecule has 58 heavy (non-hydrogen) atoms. The van der Waals surface area contributed by atoms with E-state index in [0.717, 1.165) is 57.8 Å². The Morgan fingerprint density at radius 1 is 0.569 bits per heavy atom. The zero-order valence-electron chi connectivity index (χ0n) is 34.7. The molecular formula is C42H72O14P2. The second kappa shape index (κ2) is 37.5. The van der Waals surface area contributed by atoms with Crippen LogP contribution < -0.4 is 0 Å². The number of allylic oxidation sites excluding steroid dienone is 11. The van der Waals surface area contributed by atoms with Gasteiger partial charge in [0.1, 0.15) is 12.7 Å². The summed E-state index contributed by atoms with van der Waals surface area (Å²) in [5.41, 5.74) is 0. The van der Waals surface area contributed by atoms with E-state index in [2.05, 4.69) is 52.4 Å². The van der Waals surface area contributed by atoms with Gasteiger partial charge in [-0.1, -0.05) is 125 Å². The van der Waals surface area contributed by atoms with Crippen LogP contribution in [-0.4, -0.2) is 81.6 Å². The molecule has 0 amide bonds. The zero-order valence-corrected chi connectivity index (χ0v) is 36.5. The summed E-state index contributed by atoms with van der Waals surface area (Å²) in [7, 11) is -9.70. The van der Waals surface area contributed by atoms with E-state index in [1.54, 1.807) is 6.08 Å². The lowest BCUT2D eigenvalue weighted by molar-refractivity contribution is -0.161. The van der Waals surface area contributed by atoms with Gasteiger partial charge in [0.15, 0.2) is 6.10 Å². The third kappa shape index (κ3) is 40.3. The minimum absolute atomic E-state index is 0.0981. The average molecular weight is 863 g/mol. The van der Waals surface area contributed by atoms with Crippen molar-refractivity contribution in [1.29, 1.82) is 0 Å². The number of carbonyl (C=O) groups is 2. The molecule has 16 heteroatoms. The molecule has 14 nitrogen and oxygen atoms in total. The number of hydrogen-bond acceptors (Lipinski definition) is 11. The summed E-state index contributed by atoms with van der Waals surface area (Å²) >= 11 is 0. The van der Waals surface area contributed by atoms with Crippen molar-refractivity contribution < 1.29 is 66.7 Å². The zero-order chi connectivity index (χ0) is 43.2. The maximum Gasteiger partial charge on any atom is 0.472 e. The predicted molar refractivity (Wildman–Crippen MR) is 226 cm³/mol. The topological polar surface area (TPSA) is 216 Å². The predicted octanol–water partition coefficient (Wildman–Crippen LogP) is 9.19. The molecule has 0 spiro atoms. The van der Waals surface area contributed by atoms with E-state index in [0.29, 0.717) is 25.7 Å². The van der Waals surface area contributed by atoms with Gasteiger partial charge in [-0.15, -0.1) is 0 Å². The highest BCUT2D eigenvalue weighted by Gasteiger charge is 2.28. The van der Waals surface area contributed by atoms with E-state index in [9.17, 15) is 33.8 Å². The van der Waals surface area contributed by atoms with Crippen LogP contribution in [0.25, 0.3) is 0 Å². The van der Waals surface area contributed by atoms with E-state index in [1.165, 1.54) is 25.7 Å². The Labute approximate surface area is 347 Å². The lowest BCUT2D eigenvalue weighted by atomic mass is 10.1. The summed E-state index contributed by atoms with van der Waals surface area (Å²) in [5.74, 6) is -1.14. The van der Waals surface area contributed by atoms with Crippen molar-refractivity contribution in [2.45, 2.75) is 154 Å². The highest BCUT2D eigenvalue weighted by atomic mass is 31.2. The molecule has 0 saturated heterocycles. The Morgan fingerprint density at radius 2 is 1.09 bits per heavy atom. The van der Waals surface area contributed by atoms with Crippen LogP contribution in [0.15, 0.2) is 72.9 Å². The summed E-state index contributed by atoms with van der Waals surface area (Å²) in [5, 5.41) is 19.2. The number of rotatable bonds is 38. The van der Waals surface area contributed by atoms with Gasteiger partial charge in [0.25, 0.3) is 0 Å². The van der Waals surface area contributed by atoms with E-state index in [4.69, 9.17) is 23.8 Å². The molecule has 0 aromatic rings. The third-order valence-corrected chi connectivity index (χ3v) is 9.66. The van der Waals surface area contributed by atoms with Crippen LogP contribution in [0.5, 0.6) is 0 Å². The van der Waals surface area contributed by atoms with Gasteiger partial charge in [0.05, 0.1) is 25.9 Å². The van der Waals surface area contributed by atoms with Crippen LogP contribution in [0.4, 0.5) is 0 Å². The normalized spacial score (nSPS) is 15.4. The second-order valence-corrected chi connectivity index (χ2v) is 16.4. The minimum atomic E-state index is -4.87. The van der Waals surface area contributed by atoms with Crippen molar-refractivity contribution in [2.75, 3.05) is 26.4 Å². The van der Waals surface area contributed by atoms with Crippen molar-refractivity contribution in [3.05, 3.63) is 72.9 Å². The minimum Gasteiger partial charge on any atom is -0.462 e. The molecule has 334 valence electrons. The van der Waals surface area contributed by atoms with Crippen LogP contribution in [0, 0.1) is 0 Å². The molecule has 0 aliphatic rings. The molecule has 0 bridgehead atoms. The van der Waals surface area contributed by atoms with Gasteiger partial charge in [0, 0.05) is 12.8 Å². The van der Waals surface area contributed by atoms with Gasteiger partial charge < -0.3 is 34.4 Å². The molecule has 0 aromatic heterocycles. The Kier molecular flexibility index (Phi) is 35.9. The molecular weight excluding hydrogens is 790 g/mol. The van der Waals surface area contributed by atoms with Crippen LogP contribution >= 0.6 is 15.6 Å². The first-order valence-corrected chi connectivity index (χ1v) is 23.8. The van der Waals surface area contributed by atoms with Crippen molar-refractivity contribution >= 4 is 27.6 Å². The van der Waals surface area contributed by atoms with Crippen LogP contribution in [0.3, 0.4) is 0 Å². The highest BCUT2D eigenvalue weighted by molar-refractivity contribution is 7.47. The van der Waals surface area contributed by atoms with Crippen LogP contribution in [0.1, 0.15) is 136 Å². The van der Waals surface area contributed by atoms with Gasteiger partial charge >= 0.3 is 27.6 Å². The van der Waals surface area contributed by atoms with Crippen LogP contribution in [-0.2, 0) is 41.8 Å². The summed E-state index contributed by atoms with van der Waals surface area (Å²) < 4.78 is 47.6. The number of hydrogen-bond donors (Lipinski definition) is 5. The lowest BCUT2D eigenvalue weighted by Gasteiger charge is -2.20. The first-order valence-electron chi connectivity index (χ1n) is 20.7. The number of phosphoric ester groups is 2. The lowest BCUT2D eigenvalue weighted by Crippen LogP contribution is -2.30. The number of unbranched alkanes of at least 4 members (excludes halogenated alkanes) is 10. The Balaban J connectivity index is 4.67. The van der Waals surface area contributed by atoms with E-state index >= 15 is 0 Å². The molecule has 0 rings (SSSR count). The Hall–Kier alpha value is -2.48. The number of esters is 2. The highest BCUT2D eigenvalue weighted by Crippen LogP contribution is 2.43. The maximum atomic E-state index is 12.6. The molecule has 1 unspecified atom stereocenters. The molecule has 0 aliphatic carbocycles.